The molecule has 1 amide bonds. The minimum atomic E-state index is -3.86. The molecule has 0 atom stereocenters. The number of hydrazine groups is 1. The summed E-state index contributed by atoms with van der Waals surface area (Å²) in [6.07, 6.45) is 0.896. The van der Waals surface area contributed by atoms with Crippen molar-refractivity contribution < 1.29 is 22.0 Å². The Kier molecular flexibility index (Phi) is 7.66. The van der Waals surface area contributed by atoms with Gasteiger partial charge in [0.05, 0.1) is 18.5 Å². The molecule has 0 aliphatic heterocycles. The smallest absolute Gasteiger partial charge is 0.265 e. The van der Waals surface area contributed by atoms with Crippen molar-refractivity contribution >= 4 is 21.6 Å². The third-order valence-corrected chi connectivity index (χ3v) is 4.41. The summed E-state index contributed by atoms with van der Waals surface area (Å²) in [4.78, 5) is 11.4. The standard InChI is InChI=1S/C15H15F2N3O3S.C2H6/c1-24(22,23)20(14-5-3-2-4-12(14)16)9-11-7-6-10(8-13(11)17)15(21)19-18;1-2/h2-8H,9,18H2,1H3,(H,19,21);1-2H3. The second-order valence-corrected chi connectivity index (χ2v) is 6.91. The molecule has 2 aromatic rings. The van der Waals surface area contributed by atoms with Crippen LogP contribution in [-0.2, 0) is 16.6 Å². The van der Waals surface area contributed by atoms with Gasteiger partial charge in [-0.15, -0.1) is 0 Å². The average Bonchev–Trinajstić information content (AvgIpc) is 2.61. The number of amides is 1. The second kappa shape index (κ2) is 9.25. The van der Waals surface area contributed by atoms with Gasteiger partial charge in [0, 0.05) is 11.1 Å². The lowest BCUT2D eigenvalue weighted by atomic mass is 10.1. The molecule has 0 saturated heterocycles. The summed E-state index contributed by atoms with van der Waals surface area (Å²) in [6.45, 7) is 3.58. The van der Waals surface area contributed by atoms with E-state index >= 15 is 0 Å². The molecule has 2 aromatic carbocycles. The summed E-state index contributed by atoms with van der Waals surface area (Å²) in [5.41, 5.74) is 1.64. The summed E-state index contributed by atoms with van der Waals surface area (Å²) in [5.74, 6) is 2.73. The molecule has 0 saturated carbocycles. The number of nitrogens with two attached hydrogens (primary N) is 1. The van der Waals surface area contributed by atoms with Crippen LogP contribution in [0.1, 0.15) is 29.8 Å². The highest BCUT2D eigenvalue weighted by Gasteiger charge is 2.22. The normalized spacial score (nSPS) is 10.5. The zero-order valence-corrected chi connectivity index (χ0v) is 15.5. The molecule has 6 nitrogen and oxygen atoms in total. The highest BCUT2D eigenvalue weighted by Crippen LogP contribution is 2.24. The maximum atomic E-state index is 14.2. The van der Waals surface area contributed by atoms with Gasteiger partial charge in [-0.25, -0.2) is 23.0 Å². The molecule has 2 rings (SSSR count). The quantitative estimate of drug-likeness (QED) is 0.470. The van der Waals surface area contributed by atoms with Crippen LogP contribution in [0.4, 0.5) is 14.5 Å². The molecule has 26 heavy (non-hydrogen) atoms. The summed E-state index contributed by atoms with van der Waals surface area (Å²) in [5, 5.41) is 0. The fourth-order valence-corrected chi connectivity index (χ4v) is 2.97. The van der Waals surface area contributed by atoms with Crippen LogP contribution in [0.25, 0.3) is 0 Å². The van der Waals surface area contributed by atoms with E-state index in [0.29, 0.717) is 0 Å². The van der Waals surface area contributed by atoms with Crippen molar-refractivity contribution in [2.24, 2.45) is 5.84 Å². The first-order valence-corrected chi connectivity index (χ1v) is 9.60. The van der Waals surface area contributed by atoms with Crippen molar-refractivity contribution in [3.8, 4) is 0 Å². The number of carbonyl (C=O) groups excluding carboxylic acids is 1. The Morgan fingerprint density at radius 1 is 1.12 bits per heavy atom. The van der Waals surface area contributed by atoms with E-state index in [4.69, 9.17) is 5.84 Å². The molecule has 9 heteroatoms. The van der Waals surface area contributed by atoms with Crippen LogP contribution in [0.2, 0.25) is 0 Å². The van der Waals surface area contributed by atoms with Crippen LogP contribution < -0.4 is 15.6 Å². The SMILES string of the molecule is CC.CS(=O)(=O)N(Cc1ccc(C(=O)NN)cc1F)c1ccccc1F. The highest BCUT2D eigenvalue weighted by atomic mass is 32.2. The predicted molar refractivity (Wildman–Crippen MR) is 96.8 cm³/mol. The number of halogens is 2. The Labute approximate surface area is 151 Å². The number of nitrogen functional groups attached to an aromatic ring is 1. The van der Waals surface area contributed by atoms with Gasteiger partial charge in [0.2, 0.25) is 10.0 Å². The van der Waals surface area contributed by atoms with Crippen molar-refractivity contribution in [1.82, 2.24) is 5.43 Å². The number of anilines is 1. The van der Waals surface area contributed by atoms with E-state index in [1.807, 2.05) is 19.3 Å². The lowest BCUT2D eigenvalue weighted by Crippen LogP contribution is -2.31. The molecule has 0 spiro atoms. The molecular formula is C17H21F2N3O3S. The van der Waals surface area contributed by atoms with Gasteiger partial charge in [-0.2, -0.15) is 0 Å². The number of para-hydroxylation sites is 1. The average molecular weight is 385 g/mol. The van der Waals surface area contributed by atoms with Gasteiger partial charge < -0.3 is 0 Å². The Bertz CT molecular complexity index is 873. The zero-order valence-electron chi connectivity index (χ0n) is 14.7. The summed E-state index contributed by atoms with van der Waals surface area (Å²) in [7, 11) is -3.86. The van der Waals surface area contributed by atoms with Crippen LogP contribution in [0, 0.1) is 11.6 Å². The van der Waals surface area contributed by atoms with Gasteiger partial charge in [0.1, 0.15) is 11.6 Å². The van der Waals surface area contributed by atoms with Crippen LogP contribution >= 0.6 is 0 Å². The Morgan fingerprint density at radius 2 is 1.73 bits per heavy atom. The number of carbonyl (C=O) groups is 1. The maximum absolute atomic E-state index is 14.2. The Morgan fingerprint density at radius 3 is 2.23 bits per heavy atom. The van der Waals surface area contributed by atoms with E-state index in [1.165, 1.54) is 30.3 Å². The minimum Gasteiger partial charge on any atom is -0.290 e. The summed E-state index contributed by atoms with van der Waals surface area (Å²) >= 11 is 0. The molecule has 142 valence electrons. The van der Waals surface area contributed by atoms with E-state index in [0.717, 1.165) is 22.7 Å². The predicted octanol–water partition coefficient (Wildman–Crippen LogP) is 2.56. The number of nitrogens with one attached hydrogen (secondary N) is 1. The Hall–Kier alpha value is -2.52. The van der Waals surface area contributed by atoms with Crippen molar-refractivity contribution in [1.29, 1.82) is 0 Å². The molecule has 0 aromatic heterocycles. The fourth-order valence-electron chi connectivity index (χ4n) is 2.09. The molecule has 0 heterocycles. The van der Waals surface area contributed by atoms with E-state index in [1.54, 1.807) is 0 Å². The number of rotatable bonds is 5. The van der Waals surface area contributed by atoms with Crippen LogP contribution in [0.5, 0.6) is 0 Å². The number of benzene rings is 2. The van der Waals surface area contributed by atoms with Gasteiger partial charge in [-0.1, -0.05) is 32.0 Å². The van der Waals surface area contributed by atoms with Crippen LogP contribution in [0.15, 0.2) is 42.5 Å². The zero-order chi connectivity index (χ0) is 19.9. The molecule has 0 fully saturated rings. The van der Waals surface area contributed by atoms with E-state index in [-0.39, 0.29) is 16.8 Å². The molecule has 3 N–H and O–H groups in total. The van der Waals surface area contributed by atoms with Crippen molar-refractivity contribution in [3.05, 3.63) is 65.2 Å². The molecule has 0 unspecified atom stereocenters. The summed E-state index contributed by atoms with van der Waals surface area (Å²) in [6, 6.07) is 8.76. The van der Waals surface area contributed by atoms with Crippen LogP contribution in [0.3, 0.4) is 0 Å². The fraction of sp³-hybridized carbons (Fsp3) is 0.235. The first-order chi connectivity index (χ1) is 12.2. The van der Waals surface area contributed by atoms with Gasteiger partial charge in [-0.05, 0) is 24.3 Å². The van der Waals surface area contributed by atoms with Crippen LogP contribution in [-0.4, -0.2) is 20.6 Å². The molecular weight excluding hydrogens is 364 g/mol. The number of hydrogen-bond donors (Lipinski definition) is 2. The molecule has 0 radical (unpaired) electrons. The largest absolute Gasteiger partial charge is 0.290 e. The first kappa shape index (κ1) is 21.5. The van der Waals surface area contributed by atoms with Gasteiger partial charge in [0.15, 0.2) is 0 Å². The monoisotopic (exact) mass is 385 g/mol. The first-order valence-electron chi connectivity index (χ1n) is 7.75. The lowest BCUT2D eigenvalue weighted by Gasteiger charge is -2.23. The topological polar surface area (TPSA) is 92.5 Å². The summed E-state index contributed by atoms with van der Waals surface area (Å²) < 4.78 is 52.8. The van der Waals surface area contributed by atoms with Crippen molar-refractivity contribution in [3.63, 3.8) is 0 Å². The maximum Gasteiger partial charge on any atom is 0.265 e. The minimum absolute atomic E-state index is 0.0164. The number of sulfonamides is 1. The van der Waals surface area contributed by atoms with E-state index < -0.39 is 34.1 Å². The second-order valence-electron chi connectivity index (χ2n) is 5.00. The number of nitrogens with zero attached hydrogens (tertiary/aromatic N) is 1. The highest BCUT2D eigenvalue weighted by molar-refractivity contribution is 7.92. The van der Waals surface area contributed by atoms with Crippen molar-refractivity contribution in [2.75, 3.05) is 10.6 Å². The molecule has 0 bridgehead atoms. The third-order valence-electron chi connectivity index (χ3n) is 3.28. The van der Waals surface area contributed by atoms with Gasteiger partial charge >= 0.3 is 0 Å². The van der Waals surface area contributed by atoms with E-state index in [9.17, 15) is 22.0 Å². The van der Waals surface area contributed by atoms with E-state index in [2.05, 4.69) is 0 Å². The Balaban J connectivity index is 0.00000163. The lowest BCUT2D eigenvalue weighted by molar-refractivity contribution is 0.0953. The molecule has 0 aliphatic rings. The van der Waals surface area contributed by atoms with Gasteiger partial charge in [-0.3, -0.25) is 14.5 Å². The number of hydrogen-bond acceptors (Lipinski definition) is 4. The molecule has 0 aliphatic carbocycles. The third kappa shape index (κ3) is 5.24. The van der Waals surface area contributed by atoms with Gasteiger partial charge in [0.25, 0.3) is 5.91 Å². The van der Waals surface area contributed by atoms with Crippen molar-refractivity contribution in [2.45, 2.75) is 20.4 Å².